The average Bonchev–Trinajstić information content (AvgIpc) is 2.36. The van der Waals surface area contributed by atoms with Crippen LogP contribution in [0.4, 0.5) is 18.9 Å². The van der Waals surface area contributed by atoms with E-state index in [1.54, 1.807) is 0 Å². The Hall–Kier alpha value is -2.03. The normalized spacial score (nSPS) is 11.2. The van der Waals surface area contributed by atoms with Crippen molar-refractivity contribution in [2.45, 2.75) is 19.1 Å². The number of nitrogens with zero attached hydrogens (tertiary/aromatic N) is 1. The van der Waals surface area contributed by atoms with Crippen molar-refractivity contribution in [2.75, 3.05) is 13.7 Å². The van der Waals surface area contributed by atoms with Crippen LogP contribution in [0.2, 0.25) is 0 Å². The minimum absolute atomic E-state index is 0.0956. The van der Waals surface area contributed by atoms with Crippen LogP contribution in [0.15, 0.2) is 12.1 Å². The quantitative estimate of drug-likeness (QED) is 0.643. The van der Waals surface area contributed by atoms with Crippen molar-refractivity contribution in [3.8, 4) is 11.5 Å². The molecule has 0 heterocycles. The highest BCUT2D eigenvalue weighted by molar-refractivity contribution is 5.54. The van der Waals surface area contributed by atoms with Crippen LogP contribution in [0.1, 0.15) is 12.0 Å². The fraction of sp³-hybridized carbons (Fsp3) is 0.455. The molecule has 0 fully saturated rings. The van der Waals surface area contributed by atoms with E-state index in [0.717, 1.165) is 6.07 Å². The van der Waals surface area contributed by atoms with Gasteiger partial charge in [0.05, 0.1) is 31.1 Å². The van der Waals surface area contributed by atoms with Crippen LogP contribution in [0, 0.1) is 10.1 Å². The summed E-state index contributed by atoms with van der Waals surface area (Å²) in [7, 11) is 1.28. The highest BCUT2D eigenvalue weighted by Gasteiger charge is 2.27. The summed E-state index contributed by atoms with van der Waals surface area (Å²) in [6, 6.07) is 2.29. The molecule has 0 spiro atoms. The lowest BCUT2D eigenvalue weighted by molar-refractivity contribution is -0.385. The number of nitro benzene ring substituents is 1. The van der Waals surface area contributed by atoms with Crippen LogP contribution in [0.3, 0.4) is 0 Å². The van der Waals surface area contributed by atoms with Gasteiger partial charge in [-0.25, -0.2) is 0 Å². The molecule has 6 nitrogen and oxygen atoms in total. The number of nitrogens with two attached hydrogens (primary N) is 1. The van der Waals surface area contributed by atoms with Gasteiger partial charge in [-0.3, -0.25) is 10.1 Å². The van der Waals surface area contributed by atoms with Crippen molar-refractivity contribution < 1.29 is 27.6 Å². The molecule has 2 N–H and O–H groups in total. The molecule has 0 unspecified atom stereocenters. The number of halogens is 3. The number of nitro groups is 1. The van der Waals surface area contributed by atoms with E-state index >= 15 is 0 Å². The molecule has 0 aliphatic rings. The van der Waals surface area contributed by atoms with Crippen LogP contribution < -0.4 is 15.2 Å². The van der Waals surface area contributed by atoms with E-state index in [0.29, 0.717) is 0 Å². The first-order chi connectivity index (χ1) is 9.28. The first kappa shape index (κ1) is 16.0. The summed E-state index contributed by atoms with van der Waals surface area (Å²) < 4.78 is 45.9. The standard InChI is InChI=1S/C11H13F3N2O4/c1-19-9-4-7(6-15)8(16(17)18)5-10(9)20-3-2-11(12,13)14/h4-5H,2-3,6,15H2,1H3. The van der Waals surface area contributed by atoms with Crippen molar-refractivity contribution in [3.05, 3.63) is 27.8 Å². The third-order valence-electron chi connectivity index (χ3n) is 2.42. The van der Waals surface area contributed by atoms with E-state index in [9.17, 15) is 23.3 Å². The molecule has 1 rings (SSSR count). The molecule has 0 amide bonds. The molecule has 9 heteroatoms. The van der Waals surface area contributed by atoms with Gasteiger partial charge in [0.2, 0.25) is 0 Å². The highest BCUT2D eigenvalue weighted by atomic mass is 19.4. The lowest BCUT2D eigenvalue weighted by Crippen LogP contribution is -2.13. The lowest BCUT2D eigenvalue weighted by Gasteiger charge is -2.13. The third kappa shape index (κ3) is 4.26. The van der Waals surface area contributed by atoms with Gasteiger partial charge in [-0.05, 0) is 6.07 Å². The van der Waals surface area contributed by atoms with Gasteiger partial charge in [0.1, 0.15) is 0 Å². The summed E-state index contributed by atoms with van der Waals surface area (Å²) in [5.41, 5.74) is 5.25. The van der Waals surface area contributed by atoms with E-state index in [-0.39, 0.29) is 29.3 Å². The molecule has 112 valence electrons. The summed E-state index contributed by atoms with van der Waals surface area (Å²) in [4.78, 5) is 10.2. The second-order valence-corrected chi connectivity index (χ2v) is 3.81. The smallest absolute Gasteiger partial charge is 0.392 e. The van der Waals surface area contributed by atoms with E-state index in [2.05, 4.69) is 0 Å². The Morgan fingerprint density at radius 2 is 2.00 bits per heavy atom. The van der Waals surface area contributed by atoms with Crippen LogP contribution in [-0.2, 0) is 6.54 Å². The predicted molar refractivity (Wildman–Crippen MR) is 63.7 cm³/mol. The molecule has 0 aliphatic carbocycles. The molecular formula is C11H13F3N2O4. The maximum atomic E-state index is 12.0. The van der Waals surface area contributed by atoms with Gasteiger partial charge < -0.3 is 15.2 Å². The van der Waals surface area contributed by atoms with Gasteiger partial charge in [-0.1, -0.05) is 0 Å². The molecule has 0 bridgehead atoms. The zero-order valence-corrected chi connectivity index (χ0v) is 10.6. The van der Waals surface area contributed by atoms with E-state index in [1.807, 2.05) is 0 Å². The van der Waals surface area contributed by atoms with Gasteiger partial charge in [-0.2, -0.15) is 13.2 Å². The van der Waals surface area contributed by atoms with Gasteiger partial charge in [0, 0.05) is 12.1 Å². The van der Waals surface area contributed by atoms with Gasteiger partial charge in [0.15, 0.2) is 11.5 Å². The lowest BCUT2D eigenvalue weighted by atomic mass is 10.1. The first-order valence-electron chi connectivity index (χ1n) is 5.53. The van der Waals surface area contributed by atoms with Gasteiger partial charge >= 0.3 is 6.18 Å². The van der Waals surface area contributed by atoms with Gasteiger partial charge in [-0.15, -0.1) is 0 Å². The molecule has 20 heavy (non-hydrogen) atoms. The van der Waals surface area contributed by atoms with Crippen molar-refractivity contribution >= 4 is 5.69 Å². The summed E-state index contributed by atoms with van der Waals surface area (Å²) in [5.74, 6) is -0.0288. The number of ether oxygens (including phenoxy) is 2. The predicted octanol–water partition coefficient (Wildman–Crippen LogP) is 2.39. The Balaban J connectivity index is 2.99. The van der Waals surface area contributed by atoms with Crippen molar-refractivity contribution in [1.82, 2.24) is 0 Å². The Labute approximate surface area is 112 Å². The zero-order valence-electron chi connectivity index (χ0n) is 10.6. The Bertz CT molecular complexity index is 491. The number of alkyl halides is 3. The highest BCUT2D eigenvalue weighted by Crippen LogP contribution is 2.35. The minimum atomic E-state index is -4.36. The van der Waals surface area contributed by atoms with E-state index in [4.69, 9.17) is 15.2 Å². The SMILES string of the molecule is COc1cc(CN)c([N+](=O)[O-])cc1OCCC(F)(F)F. The largest absolute Gasteiger partial charge is 0.493 e. The van der Waals surface area contributed by atoms with Crippen LogP contribution >= 0.6 is 0 Å². The van der Waals surface area contributed by atoms with Crippen LogP contribution in [-0.4, -0.2) is 24.8 Å². The fourth-order valence-corrected chi connectivity index (χ4v) is 1.47. The van der Waals surface area contributed by atoms with Crippen molar-refractivity contribution in [3.63, 3.8) is 0 Å². The molecule has 0 saturated carbocycles. The Morgan fingerprint density at radius 3 is 2.45 bits per heavy atom. The van der Waals surface area contributed by atoms with Gasteiger partial charge in [0.25, 0.3) is 5.69 Å². The van der Waals surface area contributed by atoms with E-state index < -0.39 is 24.1 Å². The van der Waals surface area contributed by atoms with Crippen molar-refractivity contribution in [2.24, 2.45) is 5.73 Å². The molecule has 0 aromatic heterocycles. The van der Waals surface area contributed by atoms with E-state index in [1.165, 1.54) is 13.2 Å². The molecule has 0 saturated heterocycles. The molecule has 0 aliphatic heterocycles. The summed E-state index contributed by atoms with van der Waals surface area (Å²) in [5, 5.41) is 10.8. The Kier molecular flexibility index (Phi) is 5.14. The summed E-state index contributed by atoms with van der Waals surface area (Å²) >= 11 is 0. The second-order valence-electron chi connectivity index (χ2n) is 3.81. The average molecular weight is 294 g/mol. The topological polar surface area (TPSA) is 87.6 Å². The molecular weight excluding hydrogens is 281 g/mol. The fourth-order valence-electron chi connectivity index (χ4n) is 1.47. The molecule has 0 radical (unpaired) electrons. The maximum Gasteiger partial charge on any atom is 0.392 e. The van der Waals surface area contributed by atoms with Crippen LogP contribution in [0.25, 0.3) is 0 Å². The minimum Gasteiger partial charge on any atom is -0.493 e. The first-order valence-corrected chi connectivity index (χ1v) is 5.53. The number of rotatable bonds is 6. The molecule has 1 aromatic carbocycles. The summed E-state index contributed by atoms with van der Waals surface area (Å²) in [6.07, 6.45) is -5.53. The number of methoxy groups -OCH3 is 1. The molecule has 1 aromatic rings. The second kappa shape index (κ2) is 6.42. The summed E-state index contributed by atoms with van der Waals surface area (Å²) in [6.45, 7) is -0.755. The molecule has 0 atom stereocenters. The maximum absolute atomic E-state index is 12.0. The number of hydrogen-bond donors (Lipinski definition) is 1. The van der Waals surface area contributed by atoms with Crippen molar-refractivity contribution in [1.29, 1.82) is 0 Å². The van der Waals surface area contributed by atoms with Crippen LogP contribution in [0.5, 0.6) is 11.5 Å². The number of benzene rings is 1. The Morgan fingerprint density at radius 1 is 1.35 bits per heavy atom. The third-order valence-corrected chi connectivity index (χ3v) is 2.42. The number of hydrogen-bond acceptors (Lipinski definition) is 5. The zero-order chi connectivity index (χ0) is 15.3. The monoisotopic (exact) mass is 294 g/mol.